The Kier molecular flexibility index (Phi) is 4.48. The van der Waals surface area contributed by atoms with Gasteiger partial charge in [0.2, 0.25) is 0 Å². The highest BCUT2D eigenvalue weighted by molar-refractivity contribution is 6.01. The zero-order valence-corrected chi connectivity index (χ0v) is 13.0. The molecule has 0 unspecified atom stereocenters. The average molecular weight is 279 g/mol. The van der Waals surface area contributed by atoms with Gasteiger partial charge in [-0.3, -0.25) is 9.48 Å². The van der Waals surface area contributed by atoms with Crippen LogP contribution in [0.2, 0.25) is 0 Å². The molecule has 1 aliphatic rings. The fraction of sp³-hybridized carbons (Fsp3) is 0.733. The van der Waals surface area contributed by atoms with Gasteiger partial charge in [0.1, 0.15) is 5.69 Å². The number of likely N-dealkylation sites (N-methyl/N-ethyl adjacent to an activating group) is 1. The largest absolute Gasteiger partial charge is 0.493 e. The Hall–Kier alpha value is -1.36. The molecule has 0 atom stereocenters. The van der Waals surface area contributed by atoms with Gasteiger partial charge in [-0.2, -0.15) is 5.10 Å². The van der Waals surface area contributed by atoms with Gasteiger partial charge in [0.15, 0.2) is 11.5 Å². The van der Waals surface area contributed by atoms with Crippen molar-refractivity contribution in [1.82, 2.24) is 14.7 Å². The van der Waals surface area contributed by atoms with Crippen molar-refractivity contribution in [2.24, 2.45) is 5.41 Å². The van der Waals surface area contributed by atoms with Crippen molar-refractivity contribution in [2.75, 3.05) is 27.7 Å². The van der Waals surface area contributed by atoms with Crippen LogP contribution in [0.5, 0.6) is 5.75 Å². The molecule has 1 aliphatic carbocycles. The zero-order valence-electron chi connectivity index (χ0n) is 13.0. The van der Waals surface area contributed by atoms with Gasteiger partial charge in [0.05, 0.1) is 19.9 Å². The fourth-order valence-electron chi connectivity index (χ4n) is 2.88. The first-order valence-corrected chi connectivity index (χ1v) is 7.27. The van der Waals surface area contributed by atoms with Crippen molar-refractivity contribution >= 4 is 5.78 Å². The number of carbonyl (C=O) groups is 1. The molecule has 0 bridgehead atoms. The van der Waals surface area contributed by atoms with Gasteiger partial charge < -0.3 is 9.64 Å². The maximum Gasteiger partial charge on any atom is 0.190 e. The Morgan fingerprint density at radius 3 is 2.65 bits per heavy atom. The Labute approximate surface area is 120 Å². The Morgan fingerprint density at radius 2 is 2.10 bits per heavy atom. The van der Waals surface area contributed by atoms with Crippen LogP contribution in [-0.2, 0) is 6.54 Å². The molecule has 2 rings (SSSR count). The number of hydrogen-bond donors (Lipinski definition) is 0. The maximum atomic E-state index is 12.9. The van der Waals surface area contributed by atoms with Crippen molar-refractivity contribution < 1.29 is 9.53 Å². The highest BCUT2D eigenvalue weighted by Gasteiger charge is 2.39. The molecule has 5 heteroatoms. The summed E-state index contributed by atoms with van der Waals surface area (Å²) in [4.78, 5) is 15.0. The van der Waals surface area contributed by atoms with Gasteiger partial charge in [-0.05, 0) is 26.9 Å². The van der Waals surface area contributed by atoms with E-state index in [1.54, 1.807) is 18.0 Å². The summed E-state index contributed by atoms with van der Waals surface area (Å²) in [5.74, 6) is 0.782. The molecular weight excluding hydrogens is 254 g/mol. The maximum absolute atomic E-state index is 12.9. The average Bonchev–Trinajstić information content (AvgIpc) is 3.02. The van der Waals surface area contributed by atoms with Crippen LogP contribution >= 0.6 is 0 Å². The van der Waals surface area contributed by atoms with Crippen LogP contribution in [0, 0.1) is 5.41 Å². The molecule has 5 nitrogen and oxygen atoms in total. The molecule has 1 saturated carbocycles. The van der Waals surface area contributed by atoms with Gasteiger partial charge in [-0.1, -0.05) is 19.8 Å². The molecule has 0 aliphatic heterocycles. The Morgan fingerprint density at radius 1 is 1.45 bits per heavy atom. The molecule has 1 heterocycles. The third kappa shape index (κ3) is 2.87. The second-order valence-corrected chi connectivity index (χ2v) is 6.18. The summed E-state index contributed by atoms with van der Waals surface area (Å²) in [7, 11) is 5.63. The van der Waals surface area contributed by atoms with E-state index in [-0.39, 0.29) is 11.2 Å². The zero-order chi connectivity index (χ0) is 14.8. The lowest BCUT2D eigenvalue weighted by atomic mass is 9.82. The molecule has 1 aromatic rings. The highest BCUT2D eigenvalue weighted by Crippen LogP contribution is 2.41. The van der Waals surface area contributed by atoms with Crippen LogP contribution in [0.1, 0.15) is 43.1 Å². The second-order valence-electron chi connectivity index (χ2n) is 6.18. The molecule has 0 saturated heterocycles. The van der Waals surface area contributed by atoms with Gasteiger partial charge >= 0.3 is 0 Å². The summed E-state index contributed by atoms with van der Waals surface area (Å²) in [6, 6.07) is 0. The SMILES string of the molecule is COc1cnn(CCN(C)C)c1C(=O)C1(C)CCCC1. The summed E-state index contributed by atoms with van der Waals surface area (Å²) < 4.78 is 7.14. The number of hydrogen-bond acceptors (Lipinski definition) is 4. The van der Waals surface area contributed by atoms with Crippen molar-refractivity contribution in [3.05, 3.63) is 11.9 Å². The van der Waals surface area contributed by atoms with Crippen molar-refractivity contribution in [3.63, 3.8) is 0 Å². The van der Waals surface area contributed by atoms with E-state index in [9.17, 15) is 4.79 Å². The lowest BCUT2D eigenvalue weighted by Crippen LogP contribution is -2.29. The van der Waals surface area contributed by atoms with Crippen LogP contribution in [0.15, 0.2) is 6.20 Å². The van der Waals surface area contributed by atoms with Crippen LogP contribution in [0.25, 0.3) is 0 Å². The number of nitrogens with zero attached hydrogens (tertiary/aromatic N) is 3. The van der Waals surface area contributed by atoms with Crippen LogP contribution in [0.3, 0.4) is 0 Å². The summed E-state index contributed by atoms with van der Waals surface area (Å²) in [6.45, 7) is 3.63. The number of aromatic nitrogens is 2. The predicted octanol–water partition coefficient (Wildman–Crippen LogP) is 2.22. The fourth-order valence-corrected chi connectivity index (χ4v) is 2.88. The third-order valence-electron chi connectivity index (χ3n) is 4.26. The molecule has 0 spiro atoms. The summed E-state index contributed by atoms with van der Waals surface area (Å²) >= 11 is 0. The number of carbonyl (C=O) groups excluding carboxylic acids is 1. The molecule has 1 aromatic heterocycles. The number of ether oxygens (including phenoxy) is 1. The van der Waals surface area contributed by atoms with E-state index in [4.69, 9.17) is 4.74 Å². The van der Waals surface area contributed by atoms with E-state index < -0.39 is 0 Å². The van der Waals surface area contributed by atoms with E-state index in [1.165, 1.54) is 0 Å². The number of ketones is 1. The lowest BCUT2D eigenvalue weighted by molar-refractivity contribution is 0.0807. The molecule has 1 fully saturated rings. The van der Waals surface area contributed by atoms with E-state index in [0.717, 1.165) is 32.2 Å². The summed E-state index contributed by atoms with van der Waals surface area (Å²) in [6.07, 6.45) is 5.86. The second kappa shape index (κ2) is 5.95. The standard InChI is InChI=1S/C15H25N3O2/c1-15(7-5-6-8-15)14(19)13-12(20-4)11-16-18(13)10-9-17(2)3/h11H,5-10H2,1-4H3. The minimum absolute atomic E-state index is 0.183. The van der Waals surface area contributed by atoms with Gasteiger partial charge in [0, 0.05) is 12.0 Å². The third-order valence-corrected chi connectivity index (χ3v) is 4.26. The first kappa shape index (κ1) is 15.0. The first-order valence-electron chi connectivity index (χ1n) is 7.27. The van der Waals surface area contributed by atoms with Crippen molar-refractivity contribution in [1.29, 1.82) is 0 Å². The molecule has 0 amide bonds. The van der Waals surface area contributed by atoms with E-state index in [0.29, 0.717) is 18.0 Å². The molecule has 112 valence electrons. The number of methoxy groups -OCH3 is 1. The first-order chi connectivity index (χ1) is 9.48. The number of Topliss-reactive ketones (excluding diaryl/α,β-unsaturated/α-hetero) is 1. The molecular formula is C15H25N3O2. The quantitative estimate of drug-likeness (QED) is 0.749. The Balaban J connectivity index is 2.28. The molecule has 0 N–H and O–H groups in total. The van der Waals surface area contributed by atoms with E-state index in [1.807, 2.05) is 14.1 Å². The van der Waals surface area contributed by atoms with Crippen molar-refractivity contribution in [2.45, 2.75) is 39.2 Å². The minimum atomic E-state index is -0.247. The van der Waals surface area contributed by atoms with Gasteiger partial charge in [0.25, 0.3) is 0 Å². The monoisotopic (exact) mass is 279 g/mol. The topological polar surface area (TPSA) is 47.4 Å². The van der Waals surface area contributed by atoms with Gasteiger partial charge in [-0.15, -0.1) is 0 Å². The smallest absolute Gasteiger partial charge is 0.190 e. The van der Waals surface area contributed by atoms with Crippen molar-refractivity contribution in [3.8, 4) is 5.75 Å². The van der Waals surface area contributed by atoms with Gasteiger partial charge in [-0.25, -0.2) is 0 Å². The molecule has 20 heavy (non-hydrogen) atoms. The normalized spacial score (nSPS) is 17.6. The van der Waals surface area contributed by atoms with Crippen LogP contribution in [0.4, 0.5) is 0 Å². The predicted molar refractivity (Wildman–Crippen MR) is 78.2 cm³/mol. The van der Waals surface area contributed by atoms with E-state index in [2.05, 4.69) is 16.9 Å². The summed E-state index contributed by atoms with van der Waals surface area (Å²) in [5, 5.41) is 4.33. The minimum Gasteiger partial charge on any atom is -0.493 e. The van der Waals surface area contributed by atoms with Crippen LogP contribution < -0.4 is 4.74 Å². The highest BCUT2D eigenvalue weighted by atomic mass is 16.5. The van der Waals surface area contributed by atoms with Crippen LogP contribution in [-0.4, -0.2) is 48.2 Å². The molecule has 0 aromatic carbocycles. The Bertz CT molecular complexity index is 473. The molecule has 0 radical (unpaired) electrons. The lowest BCUT2D eigenvalue weighted by Gasteiger charge is -2.23. The van der Waals surface area contributed by atoms with E-state index >= 15 is 0 Å². The summed E-state index contributed by atoms with van der Waals surface area (Å²) in [5.41, 5.74) is 0.391. The number of rotatable bonds is 6.